The van der Waals surface area contributed by atoms with E-state index in [1.807, 2.05) is 7.05 Å². The second-order valence-electron chi connectivity index (χ2n) is 6.30. The van der Waals surface area contributed by atoms with E-state index in [1.54, 1.807) is 17.8 Å². The third-order valence-electron chi connectivity index (χ3n) is 4.50. The van der Waals surface area contributed by atoms with Crippen molar-refractivity contribution in [3.63, 3.8) is 0 Å². The molecule has 0 spiro atoms. The first-order valence-electron chi connectivity index (χ1n) is 8.21. The Morgan fingerprint density at radius 2 is 2.16 bits per heavy atom. The van der Waals surface area contributed by atoms with Crippen molar-refractivity contribution in [3.05, 3.63) is 29.0 Å². The molecular weight excluding hydrogens is 384 g/mol. The fourth-order valence-corrected chi connectivity index (χ4v) is 4.48. The summed E-state index contributed by atoms with van der Waals surface area (Å²) in [5.74, 6) is 0.114. The summed E-state index contributed by atoms with van der Waals surface area (Å²) in [6.45, 7) is 0. The van der Waals surface area contributed by atoms with Crippen LogP contribution in [0.3, 0.4) is 0 Å². The maximum Gasteiger partial charge on any atom is 0.226 e. The van der Waals surface area contributed by atoms with Gasteiger partial charge in [-0.25, -0.2) is 4.39 Å². The average molecular weight is 406 g/mol. The molecule has 1 atom stereocenters. The molecule has 1 amide bonds. The van der Waals surface area contributed by atoms with Crippen molar-refractivity contribution in [3.8, 4) is 0 Å². The zero-order valence-electron chi connectivity index (χ0n) is 14.0. The van der Waals surface area contributed by atoms with E-state index in [9.17, 15) is 9.18 Å². The van der Waals surface area contributed by atoms with Crippen molar-refractivity contribution in [2.75, 3.05) is 18.1 Å². The molecule has 0 bridgehead atoms. The van der Waals surface area contributed by atoms with E-state index in [0.29, 0.717) is 17.5 Å². The van der Waals surface area contributed by atoms with Gasteiger partial charge in [0.15, 0.2) is 5.17 Å². The summed E-state index contributed by atoms with van der Waals surface area (Å²) in [6, 6.07) is 4.76. The van der Waals surface area contributed by atoms with Gasteiger partial charge in [0, 0.05) is 30.3 Å². The molecule has 1 N–H and O–H groups in total. The summed E-state index contributed by atoms with van der Waals surface area (Å²) in [6.07, 6.45) is 5.16. The van der Waals surface area contributed by atoms with Gasteiger partial charge in [-0.15, -0.1) is 12.4 Å². The van der Waals surface area contributed by atoms with Gasteiger partial charge in [-0.1, -0.05) is 36.2 Å². The minimum absolute atomic E-state index is 0. The molecule has 2 aliphatic rings. The number of hydrogen-bond donors (Lipinski definition) is 1. The number of benzene rings is 1. The van der Waals surface area contributed by atoms with Gasteiger partial charge in [0.05, 0.1) is 11.7 Å². The van der Waals surface area contributed by atoms with Crippen LogP contribution in [0.25, 0.3) is 0 Å². The molecule has 1 aliphatic carbocycles. The van der Waals surface area contributed by atoms with Crippen LogP contribution in [0.5, 0.6) is 0 Å². The summed E-state index contributed by atoms with van der Waals surface area (Å²) >= 11 is 7.42. The predicted molar refractivity (Wildman–Crippen MR) is 106 cm³/mol. The second kappa shape index (κ2) is 9.10. The quantitative estimate of drug-likeness (QED) is 0.797. The highest BCUT2D eigenvalue weighted by Gasteiger charge is 2.30. The maximum absolute atomic E-state index is 13.8. The van der Waals surface area contributed by atoms with E-state index in [-0.39, 0.29) is 30.0 Å². The van der Waals surface area contributed by atoms with E-state index >= 15 is 0 Å². The van der Waals surface area contributed by atoms with Crippen LogP contribution in [0.15, 0.2) is 23.2 Å². The van der Waals surface area contributed by atoms with Crippen molar-refractivity contribution in [2.45, 2.75) is 44.2 Å². The van der Waals surface area contributed by atoms with Gasteiger partial charge in [-0.05, 0) is 31.0 Å². The fraction of sp³-hybridized carbons (Fsp3) is 0.529. The highest BCUT2D eigenvalue weighted by atomic mass is 35.5. The average Bonchev–Trinajstić information content (AvgIpc) is 3.16. The Balaban J connectivity index is 0.00000225. The highest BCUT2D eigenvalue weighted by Crippen LogP contribution is 2.29. The number of hydrogen-bond acceptors (Lipinski definition) is 3. The van der Waals surface area contributed by atoms with Crippen molar-refractivity contribution in [1.82, 2.24) is 4.90 Å². The Labute approximate surface area is 163 Å². The second-order valence-corrected chi connectivity index (χ2v) is 7.73. The molecule has 0 aromatic heterocycles. The zero-order chi connectivity index (χ0) is 17.1. The van der Waals surface area contributed by atoms with E-state index in [2.05, 4.69) is 10.2 Å². The lowest BCUT2D eigenvalue weighted by Gasteiger charge is -2.21. The van der Waals surface area contributed by atoms with Crippen LogP contribution in [-0.4, -0.2) is 40.9 Å². The van der Waals surface area contributed by atoms with Gasteiger partial charge in [-0.3, -0.25) is 9.79 Å². The van der Waals surface area contributed by atoms with E-state index in [1.165, 1.54) is 37.8 Å². The van der Waals surface area contributed by atoms with Crippen LogP contribution >= 0.6 is 35.8 Å². The molecule has 8 heteroatoms. The molecule has 1 aliphatic heterocycles. The number of amides is 1. The minimum atomic E-state index is -0.520. The molecule has 1 saturated heterocycles. The number of carbonyl (C=O) groups is 1. The number of aliphatic imine (C=N–C) groups is 1. The van der Waals surface area contributed by atoms with Crippen LogP contribution in [0.4, 0.5) is 10.1 Å². The lowest BCUT2D eigenvalue weighted by molar-refractivity contribution is -0.116. The first-order valence-corrected chi connectivity index (χ1v) is 9.57. The van der Waals surface area contributed by atoms with Gasteiger partial charge in [0.25, 0.3) is 0 Å². The first kappa shape index (κ1) is 20.3. The molecular formula is C17H22Cl2FN3OS. The number of halogens is 3. The van der Waals surface area contributed by atoms with Gasteiger partial charge >= 0.3 is 0 Å². The molecule has 0 radical (unpaired) electrons. The molecule has 1 unspecified atom stereocenters. The van der Waals surface area contributed by atoms with E-state index in [4.69, 9.17) is 16.6 Å². The Bertz CT molecular complexity index is 653. The molecule has 1 saturated carbocycles. The summed E-state index contributed by atoms with van der Waals surface area (Å²) in [7, 11) is 1.98. The Kier molecular flexibility index (Phi) is 7.40. The summed E-state index contributed by atoms with van der Waals surface area (Å²) in [5, 5.41) is 3.96. The third kappa shape index (κ3) is 5.25. The number of rotatable bonds is 4. The normalized spacial score (nSPS) is 22.3. The number of anilines is 1. The Morgan fingerprint density at radius 1 is 1.44 bits per heavy atom. The largest absolute Gasteiger partial charge is 0.350 e. The number of thioether (sulfide) groups is 1. The van der Waals surface area contributed by atoms with Crippen molar-refractivity contribution >= 4 is 52.5 Å². The van der Waals surface area contributed by atoms with E-state index in [0.717, 1.165) is 10.9 Å². The van der Waals surface area contributed by atoms with Crippen molar-refractivity contribution < 1.29 is 9.18 Å². The molecule has 138 valence electrons. The first-order chi connectivity index (χ1) is 11.5. The SMILES string of the molecule is CN1/C(=N/C2CCCC2)SCC1CC(=O)Nc1ccc(Cl)cc1F.Cl. The lowest BCUT2D eigenvalue weighted by Crippen LogP contribution is -2.34. The number of amidine groups is 1. The monoisotopic (exact) mass is 405 g/mol. The van der Waals surface area contributed by atoms with Crippen LogP contribution in [-0.2, 0) is 4.79 Å². The molecule has 25 heavy (non-hydrogen) atoms. The standard InChI is InChI=1S/C17H21ClFN3OS.ClH/c1-22-13(10-24-17(22)20-12-4-2-3-5-12)9-16(23)21-15-7-6-11(18)8-14(15)19;/h6-8,12-13H,2-5,9-10H2,1H3,(H,21,23);1H/b20-17-;. The van der Waals surface area contributed by atoms with Gasteiger partial charge in [0.2, 0.25) is 5.91 Å². The van der Waals surface area contributed by atoms with Crippen molar-refractivity contribution in [1.29, 1.82) is 0 Å². The highest BCUT2D eigenvalue weighted by molar-refractivity contribution is 8.14. The number of nitrogens with one attached hydrogen (secondary N) is 1. The number of carbonyl (C=O) groups excluding carboxylic acids is 1. The summed E-state index contributed by atoms with van der Waals surface area (Å²) in [5.41, 5.74) is 0.164. The Hall–Kier alpha value is -0.980. The fourth-order valence-electron chi connectivity index (χ4n) is 3.06. The molecule has 1 aromatic rings. The van der Waals surface area contributed by atoms with E-state index < -0.39 is 5.82 Å². The lowest BCUT2D eigenvalue weighted by atomic mass is 10.2. The van der Waals surface area contributed by atoms with Crippen molar-refractivity contribution in [2.24, 2.45) is 4.99 Å². The van der Waals surface area contributed by atoms with Crippen LogP contribution in [0.2, 0.25) is 5.02 Å². The van der Waals surface area contributed by atoms with Gasteiger partial charge in [0.1, 0.15) is 5.82 Å². The Morgan fingerprint density at radius 3 is 2.84 bits per heavy atom. The van der Waals surface area contributed by atoms with Gasteiger partial charge in [-0.2, -0.15) is 0 Å². The maximum atomic E-state index is 13.8. The smallest absolute Gasteiger partial charge is 0.226 e. The predicted octanol–water partition coefficient (Wildman–Crippen LogP) is 4.58. The summed E-state index contributed by atoms with van der Waals surface area (Å²) in [4.78, 5) is 19.1. The topological polar surface area (TPSA) is 44.7 Å². The molecule has 4 nitrogen and oxygen atoms in total. The van der Waals surface area contributed by atoms with Crippen LogP contribution in [0, 0.1) is 5.82 Å². The molecule has 2 fully saturated rings. The number of nitrogens with zero attached hydrogens (tertiary/aromatic N) is 2. The van der Waals surface area contributed by atoms with Crippen LogP contribution in [0.1, 0.15) is 32.1 Å². The molecule has 3 rings (SSSR count). The summed E-state index contributed by atoms with van der Waals surface area (Å²) < 4.78 is 13.8. The molecule has 1 aromatic carbocycles. The zero-order valence-corrected chi connectivity index (χ0v) is 16.4. The van der Waals surface area contributed by atoms with Gasteiger partial charge < -0.3 is 10.2 Å². The van der Waals surface area contributed by atoms with Crippen LogP contribution < -0.4 is 5.32 Å². The third-order valence-corrected chi connectivity index (χ3v) is 5.94. The molecule has 1 heterocycles. The minimum Gasteiger partial charge on any atom is -0.350 e.